The zero-order chi connectivity index (χ0) is 8.72. The van der Waals surface area contributed by atoms with Crippen LogP contribution >= 0.6 is 0 Å². The Morgan fingerprint density at radius 1 is 1.50 bits per heavy atom. The fraction of sp³-hybridized carbons (Fsp3) is 0.778. The predicted octanol–water partition coefficient (Wildman–Crippen LogP) is 0.285. The van der Waals surface area contributed by atoms with Gasteiger partial charge >= 0.3 is 0 Å². The third-order valence-corrected chi connectivity index (χ3v) is 2.97. The number of piperidine rings is 2. The van der Waals surface area contributed by atoms with Crippen LogP contribution in [0.2, 0.25) is 0 Å². The Balaban J connectivity index is 2.15. The highest BCUT2D eigenvalue weighted by atomic mass is 16.1. The zero-order valence-electron chi connectivity index (χ0n) is 7.17. The Kier molecular flexibility index (Phi) is 1.76. The van der Waals surface area contributed by atoms with Gasteiger partial charge in [0.15, 0.2) is 0 Å². The zero-order valence-corrected chi connectivity index (χ0v) is 7.17. The van der Waals surface area contributed by atoms with Gasteiger partial charge in [-0.15, -0.1) is 0 Å². The van der Waals surface area contributed by atoms with E-state index in [1.165, 1.54) is 0 Å². The maximum Gasteiger partial charge on any atom is 0.150 e. The van der Waals surface area contributed by atoms with Crippen LogP contribution in [0.25, 0.3) is 0 Å². The number of carbonyl (C=O) groups is 2. The van der Waals surface area contributed by atoms with Gasteiger partial charge in [-0.1, -0.05) is 0 Å². The molecule has 1 saturated carbocycles. The lowest BCUT2D eigenvalue weighted by Gasteiger charge is -2.41. The second-order valence-corrected chi connectivity index (χ2v) is 3.82. The predicted molar refractivity (Wildman–Crippen MR) is 43.7 cm³/mol. The van der Waals surface area contributed by atoms with Crippen molar-refractivity contribution in [1.82, 2.24) is 5.32 Å². The summed E-state index contributed by atoms with van der Waals surface area (Å²) in [5.41, 5.74) is 0. The van der Waals surface area contributed by atoms with E-state index in [1.54, 1.807) is 6.92 Å². The molecule has 0 aromatic heterocycles. The molecule has 0 radical (unpaired) electrons. The van der Waals surface area contributed by atoms with Crippen LogP contribution in [-0.2, 0) is 9.59 Å². The van der Waals surface area contributed by atoms with Crippen molar-refractivity contribution in [3.8, 4) is 0 Å². The molecule has 0 aromatic rings. The van der Waals surface area contributed by atoms with E-state index in [0.29, 0.717) is 12.2 Å². The molecule has 1 N–H and O–H groups in total. The minimum absolute atomic E-state index is 0.0242. The van der Waals surface area contributed by atoms with Crippen molar-refractivity contribution in [2.75, 3.05) is 0 Å². The first-order chi connectivity index (χ1) is 5.68. The topological polar surface area (TPSA) is 46.2 Å². The van der Waals surface area contributed by atoms with Gasteiger partial charge in [0.2, 0.25) is 0 Å². The molecule has 3 fully saturated rings. The maximum atomic E-state index is 11.3. The monoisotopic (exact) mass is 167 g/mol. The minimum Gasteiger partial charge on any atom is -0.298 e. The van der Waals surface area contributed by atoms with Gasteiger partial charge in [0.05, 0.1) is 12.1 Å². The van der Waals surface area contributed by atoms with Gasteiger partial charge in [-0.3, -0.25) is 14.9 Å². The Morgan fingerprint density at radius 3 is 2.67 bits per heavy atom. The van der Waals surface area contributed by atoms with E-state index in [1.807, 2.05) is 0 Å². The highest BCUT2D eigenvalue weighted by Crippen LogP contribution is 2.31. The fourth-order valence-corrected chi connectivity index (χ4v) is 2.31. The molecule has 2 saturated heterocycles. The normalized spacial score (nSPS) is 40.1. The lowest BCUT2D eigenvalue weighted by atomic mass is 9.74. The molecule has 3 heteroatoms. The van der Waals surface area contributed by atoms with E-state index in [0.717, 1.165) is 12.8 Å². The van der Waals surface area contributed by atoms with Crippen molar-refractivity contribution in [1.29, 1.82) is 0 Å². The standard InChI is InChI=1S/C9H13NO2/c1-5(11)9-6-2-3-7(10-9)8(12)4-6/h6-7,9-10H,2-4H2,1H3/t6-,7+,9-/m1/s1. The van der Waals surface area contributed by atoms with Gasteiger partial charge in [0.25, 0.3) is 0 Å². The number of fused-ring (bicyclic) bond motifs is 3. The molecule has 0 aromatic carbocycles. The lowest BCUT2D eigenvalue weighted by molar-refractivity contribution is -0.131. The highest BCUT2D eigenvalue weighted by molar-refractivity contribution is 5.90. The first kappa shape index (κ1) is 7.92. The molecule has 2 aliphatic heterocycles. The van der Waals surface area contributed by atoms with Gasteiger partial charge in [-0.2, -0.15) is 0 Å². The van der Waals surface area contributed by atoms with Gasteiger partial charge in [-0.25, -0.2) is 0 Å². The molecular weight excluding hydrogens is 154 g/mol. The summed E-state index contributed by atoms with van der Waals surface area (Å²) in [6.45, 7) is 1.60. The summed E-state index contributed by atoms with van der Waals surface area (Å²) in [7, 11) is 0. The summed E-state index contributed by atoms with van der Waals surface area (Å²) in [5.74, 6) is 0.751. The Morgan fingerprint density at radius 2 is 2.25 bits per heavy atom. The number of rotatable bonds is 1. The molecule has 0 spiro atoms. The van der Waals surface area contributed by atoms with E-state index in [-0.39, 0.29) is 23.8 Å². The molecule has 2 bridgehead atoms. The largest absolute Gasteiger partial charge is 0.298 e. The lowest BCUT2D eigenvalue weighted by Crippen LogP contribution is -2.59. The number of Topliss-reactive ketones (excluding diaryl/α,β-unsaturated/α-hetero) is 2. The molecule has 0 amide bonds. The maximum absolute atomic E-state index is 11.3. The van der Waals surface area contributed by atoms with E-state index in [9.17, 15) is 9.59 Å². The summed E-state index contributed by atoms with van der Waals surface area (Å²) >= 11 is 0. The second-order valence-electron chi connectivity index (χ2n) is 3.82. The van der Waals surface area contributed by atoms with Crippen molar-refractivity contribution in [2.45, 2.75) is 38.3 Å². The van der Waals surface area contributed by atoms with Crippen LogP contribution in [0.1, 0.15) is 26.2 Å². The van der Waals surface area contributed by atoms with Crippen molar-refractivity contribution in [3.05, 3.63) is 0 Å². The summed E-state index contributed by atoms with van der Waals surface area (Å²) in [6, 6.07) is -0.0645. The first-order valence-electron chi connectivity index (χ1n) is 4.47. The Hall–Kier alpha value is -0.700. The average Bonchev–Trinajstić information content (AvgIpc) is 2.04. The average molecular weight is 167 g/mol. The van der Waals surface area contributed by atoms with E-state index in [4.69, 9.17) is 0 Å². The quantitative estimate of drug-likeness (QED) is 0.610. The molecule has 0 unspecified atom stereocenters. The third-order valence-electron chi connectivity index (χ3n) is 2.97. The van der Waals surface area contributed by atoms with Crippen LogP contribution in [0.3, 0.4) is 0 Å². The number of ketones is 2. The second kappa shape index (κ2) is 2.66. The fourth-order valence-electron chi connectivity index (χ4n) is 2.31. The van der Waals surface area contributed by atoms with Crippen LogP contribution in [0.4, 0.5) is 0 Å². The third kappa shape index (κ3) is 1.08. The highest BCUT2D eigenvalue weighted by Gasteiger charge is 2.41. The van der Waals surface area contributed by atoms with Crippen molar-refractivity contribution >= 4 is 11.6 Å². The summed E-state index contributed by atoms with van der Waals surface area (Å²) in [6.07, 6.45) is 2.57. The molecule has 3 aliphatic rings. The Labute approximate surface area is 71.5 Å². The summed E-state index contributed by atoms with van der Waals surface area (Å²) < 4.78 is 0. The summed E-state index contributed by atoms with van der Waals surface area (Å²) in [4.78, 5) is 22.4. The molecule has 2 heterocycles. The van der Waals surface area contributed by atoms with Crippen LogP contribution in [-0.4, -0.2) is 23.7 Å². The molecule has 3 atom stereocenters. The number of hydrogen-bond acceptors (Lipinski definition) is 3. The van der Waals surface area contributed by atoms with Crippen LogP contribution in [0.15, 0.2) is 0 Å². The molecule has 66 valence electrons. The number of carbonyl (C=O) groups excluding carboxylic acids is 2. The van der Waals surface area contributed by atoms with E-state index < -0.39 is 0 Å². The van der Waals surface area contributed by atoms with E-state index >= 15 is 0 Å². The SMILES string of the molecule is CC(=O)[C@H]1N[C@H]2CC[C@@H]1CC2=O. The smallest absolute Gasteiger partial charge is 0.150 e. The van der Waals surface area contributed by atoms with Crippen LogP contribution in [0.5, 0.6) is 0 Å². The van der Waals surface area contributed by atoms with Crippen molar-refractivity contribution < 1.29 is 9.59 Å². The minimum atomic E-state index is -0.0403. The first-order valence-corrected chi connectivity index (χ1v) is 4.47. The van der Waals surface area contributed by atoms with Crippen LogP contribution in [0, 0.1) is 5.92 Å². The van der Waals surface area contributed by atoms with Gasteiger partial charge in [0.1, 0.15) is 11.6 Å². The van der Waals surface area contributed by atoms with Crippen molar-refractivity contribution in [2.24, 2.45) is 5.92 Å². The summed E-state index contributed by atoms with van der Waals surface area (Å²) in [5, 5.41) is 3.10. The molecule has 3 rings (SSSR count). The van der Waals surface area contributed by atoms with Gasteiger partial charge in [0, 0.05) is 6.42 Å². The van der Waals surface area contributed by atoms with Crippen molar-refractivity contribution in [3.63, 3.8) is 0 Å². The van der Waals surface area contributed by atoms with Gasteiger partial charge in [-0.05, 0) is 25.7 Å². The Bertz CT molecular complexity index is 237. The van der Waals surface area contributed by atoms with Gasteiger partial charge < -0.3 is 0 Å². The number of hydrogen-bond donors (Lipinski definition) is 1. The molecule has 3 nitrogen and oxygen atoms in total. The molecular formula is C9H13NO2. The molecule has 12 heavy (non-hydrogen) atoms. The molecule has 1 aliphatic carbocycles. The van der Waals surface area contributed by atoms with Crippen LogP contribution < -0.4 is 5.32 Å². The van der Waals surface area contributed by atoms with E-state index in [2.05, 4.69) is 5.32 Å². The number of nitrogens with one attached hydrogen (secondary N) is 1.